The topological polar surface area (TPSA) is 55.6 Å². The third-order valence-corrected chi connectivity index (χ3v) is 3.76. The van der Waals surface area contributed by atoms with Gasteiger partial charge in [-0.3, -0.25) is 0 Å². The van der Waals surface area contributed by atoms with Crippen molar-refractivity contribution in [1.82, 2.24) is 25.1 Å². The predicted octanol–water partition coefficient (Wildman–Crippen LogP) is 2.34. The zero-order valence-electron chi connectivity index (χ0n) is 12.0. The summed E-state index contributed by atoms with van der Waals surface area (Å²) < 4.78 is 2.04. The first kappa shape index (κ1) is 14.1. The Labute approximate surface area is 118 Å². The summed E-state index contributed by atoms with van der Waals surface area (Å²) in [6.45, 7) is 11.0. The lowest BCUT2D eigenvalue weighted by molar-refractivity contribution is 0.565. The van der Waals surface area contributed by atoms with Crippen LogP contribution in [0, 0.1) is 0 Å². The normalized spacial score (nSPS) is 12.0. The molecule has 19 heavy (non-hydrogen) atoms. The van der Waals surface area contributed by atoms with E-state index in [1.165, 1.54) is 0 Å². The van der Waals surface area contributed by atoms with Crippen molar-refractivity contribution in [2.24, 2.45) is 0 Å². The molecule has 0 saturated carbocycles. The first-order chi connectivity index (χ1) is 9.00. The Morgan fingerprint density at radius 2 is 2.11 bits per heavy atom. The molecule has 0 fully saturated rings. The lowest BCUT2D eigenvalue weighted by Crippen LogP contribution is -2.17. The summed E-state index contributed by atoms with van der Waals surface area (Å²) >= 11 is 1.71. The molecule has 2 heterocycles. The van der Waals surface area contributed by atoms with Gasteiger partial charge in [-0.05, 0) is 6.92 Å². The van der Waals surface area contributed by atoms with E-state index in [-0.39, 0.29) is 5.41 Å². The minimum atomic E-state index is 0.122. The van der Waals surface area contributed by atoms with Crippen molar-refractivity contribution in [3.05, 3.63) is 28.2 Å². The molecule has 2 rings (SSSR count). The Hall–Kier alpha value is -1.27. The number of thiazole rings is 1. The first-order valence-corrected chi connectivity index (χ1v) is 7.41. The maximum absolute atomic E-state index is 4.66. The molecule has 6 heteroatoms. The smallest absolute Gasteiger partial charge is 0.146 e. The van der Waals surface area contributed by atoms with Crippen molar-refractivity contribution < 1.29 is 0 Å². The molecule has 5 nitrogen and oxygen atoms in total. The SMILES string of the molecule is CCn1cnnc1CNCc1nc(C(C)(C)C)cs1. The third-order valence-electron chi connectivity index (χ3n) is 2.92. The van der Waals surface area contributed by atoms with E-state index in [1.54, 1.807) is 17.7 Å². The van der Waals surface area contributed by atoms with Crippen LogP contribution in [0.3, 0.4) is 0 Å². The van der Waals surface area contributed by atoms with Crippen LogP contribution in [0.1, 0.15) is 44.2 Å². The maximum atomic E-state index is 4.66. The second kappa shape index (κ2) is 5.79. The lowest BCUT2D eigenvalue weighted by Gasteiger charge is -2.14. The van der Waals surface area contributed by atoms with Gasteiger partial charge in [0.2, 0.25) is 0 Å². The highest BCUT2D eigenvalue weighted by Crippen LogP contribution is 2.23. The van der Waals surface area contributed by atoms with Crippen molar-refractivity contribution in [3.63, 3.8) is 0 Å². The second-order valence-electron chi connectivity index (χ2n) is 5.51. The van der Waals surface area contributed by atoms with Crippen LogP contribution in [0.15, 0.2) is 11.7 Å². The largest absolute Gasteiger partial charge is 0.317 e. The standard InChI is InChI=1S/C13H21N5S/c1-5-18-9-15-17-11(18)6-14-7-12-16-10(8-19-12)13(2,3)4/h8-9,14H,5-7H2,1-4H3. The summed E-state index contributed by atoms with van der Waals surface area (Å²) in [5.74, 6) is 0.968. The third kappa shape index (κ3) is 3.61. The van der Waals surface area contributed by atoms with E-state index in [9.17, 15) is 0 Å². The molecule has 0 aliphatic carbocycles. The maximum Gasteiger partial charge on any atom is 0.146 e. The van der Waals surface area contributed by atoms with Crippen LogP contribution >= 0.6 is 11.3 Å². The first-order valence-electron chi connectivity index (χ1n) is 6.53. The molecule has 2 aromatic heterocycles. The van der Waals surface area contributed by atoms with Crippen LogP contribution in [-0.2, 0) is 25.0 Å². The number of hydrogen-bond donors (Lipinski definition) is 1. The van der Waals surface area contributed by atoms with Crippen molar-refractivity contribution in [2.75, 3.05) is 0 Å². The van der Waals surface area contributed by atoms with E-state index in [1.807, 2.05) is 4.57 Å². The highest BCUT2D eigenvalue weighted by molar-refractivity contribution is 7.09. The van der Waals surface area contributed by atoms with Crippen molar-refractivity contribution in [1.29, 1.82) is 0 Å². The van der Waals surface area contributed by atoms with E-state index in [0.29, 0.717) is 0 Å². The Balaban J connectivity index is 1.88. The predicted molar refractivity (Wildman–Crippen MR) is 77.1 cm³/mol. The fourth-order valence-electron chi connectivity index (χ4n) is 1.70. The minimum absolute atomic E-state index is 0.122. The molecule has 1 N–H and O–H groups in total. The van der Waals surface area contributed by atoms with Crippen molar-refractivity contribution in [2.45, 2.75) is 52.7 Å². The van der Waals surface area contributed by atoms with Crippen LogP contribution in [-0.4, -0.2) is 19.7 Å². The van der Waals surface area contributed by atoms with Gasteiger partial charge in [0.15, 0.2) is 0 Å². The summed E-state index contributed by atoms with van der Waals surface area (Å²) in [7, 11) is 0. The molecule has 0 bridgehead atoms. The lowest BCUT2D eigenvalue weighted by atomic mass is 9.93. The molecule has 0 atom stereocenters. The number of aryl methyl sites for hydroxylation is 1. The molecule has 0 radical (unpaired) electrons. The quantitative estimate of drug-likeness (QED) is 0.912. The number of aromatic nitrogens is 4. The summed E-state index contributed by atoms with van der Waals surface area (Å²) in [6, 6.07) is 0. The molecule has 0 amide bonds. The highest BCUT2D eigenvalue weighted by atomic mass is 32.1. The number of rotatable bonds is 5. The van der Waals surface area contributed by atoms with E-state index in [2.05, 4.69) is 53.6 Å². The van der Waals surface area contributed by atoms with E-state index >= 15 is 0 Å². The van der Waals surface area contributed by atoms with E-state index in [0.717, 1.165) is 36.2 Å². The summed E-state index contributed by atoms with van der Waals surface area (Å²) in [4.78, 5) is 4.66. The molecule has 2 aromatic rings. The molecule has 0 aliphatic rings. The van der Waals surface area contributed by atoms with Crippen LogP contribution in [0.2, 0.25) is 0 Å². The highest BCUT2D eigenvalue weighted by Gasteiger charge is 2.17. The van der Waals surface area contributed by atoms with E-state index < -0.39 is 0 Å². The van der Waals surface area contributed by atoms with Crippen LogP contribution in [0.25, 0.3) is 0 Å². The van der Waals surface area contributed by atoms with Gasteiger partial charge in [-0.1, -0.05) is 20.8 Å². The van der Waals surface area contributed by atoms with Crippen LogP contribution < -0.4 is 5.32 Å². The summed E-state index contributed by atoms with van der Waals surface area (Å²) in [5.41, 5.74) is 1.28. The summed E-state index contributed by atoms with van der Waals surface area (Å²) in [6.07, 6.45) is 1.76. The van der Waals surface area contributed by atoms with Gasteiger partial charge in [0.05, 0.1) is 12.2 Å². The van der Waals surface area contributed by atoms with Crippen LogP contribution in [0.4, 0.5) is 0 Å². The number of hydrogen-bond acceptors (Lipinski definition) is 5. The fourth-order valence-corrected chi connectivity index (χ4v) is 2.69. The monoisotopic (exact) mass is 279 g/mol. The van der Waals surface area contributed by atoms with Gasteiger partial charge < -0.3 is 9.88 Å². The zero-order chi connectivity index (χ0) is 13.9. The average molecular weight is 279 g/mol. The van der Waals surface area contributed by atoms with Gasteiger partial charge >= 0.3 is 0 Å². The van der Waals surface area contributed by atoms with Crippen LogP contribution in [0.5, 0.6) is 0 Å². The molecular formula is C13H21N5S. The van der Waals surface area contributed by atoms with Gasteiger partial charge in [0.25, 0.3) is 0 Å². The van der Waals surface area contributed by atoms with Gasteiger partial charge in [-0.2, -0.15) is 0 Å². The Kier molecular flexibility index (Phi) is 4.31. The summed E-state index contributed by atoms with van der Waals surface area (Å²) in [5, 5.41) is 14.6. The molecule has 0 aliphatic heterocycles. The fraction of sp³-hybridized carbons (Fsp3) is 0.615. The molecular weight excluding hydrogens is 258 g/mol. The average Bonchev–Trinajstić information content (AvgIpc) is 2.96. The Morgan fingerprint density at radius 3 is 2.74 bits per heavy atom. The number of nitrogens with one attached hydrogen (secondary N) is 1. The number of nitrogens with zero attached hydrogens (tertiary/aromatic N) is 4. The zero-order valence-corrected chi connectivity index (χ0v) is 12.8. The van der Waals surface area contributed by atoms with Gasteiger partial charge in [0, 0.05) is 23.9 Å². The van der Waals surface area contributed by atoms with Crippen molar-refractivity contribution >= 4 is 11.3 Å². The minimum Gasteiger partial charge on any atom is -0.317 e. The van der Waals surface area contributed by atoms with Gasteiger partial charge in [-0.15, -0.1) is 21.5 Å². The van der Waals surface area contributed by atoms with Crippen molar-refractivity contribution in [3.8, 4) is 0 Å². The molecule has 0 saturated heterocycles. The Morgan fingerprint density at radius 1 is 1.32 bits per heavy atom. The molecule has 0 spiro atoms. The molecule has 0 aromatic carbocycles. The van der Waals surface area contributed by atoms with Gasteiger partial charge in [-0.25, -0.2) is 4.98 Å². The van der Waals surface area contributed by atoms with Gasteiger partial charge in [0.1, 0.15) is 17.2 Å². The molecule has 0 unspecified atom stereocenters. The molecule has 104 valence electrons. The second-order valence-corrected chi connectivity index (χ2v) is 6.46. The Bertz CT molecular complexity index is 523. The van der Waals surface area contributed by atoms with E-state index in [4.69, 9.17) is 0 Å².